The van der Waals surface area contributed by atoms with Crippen molar-refractivity contribution in [2.75, 3.05) is 13.7 Å². The molecule has 0 aliphatic heterocycles. The Kier molecular flexibility index (Phi) is 5.25. The van der Waals surface area contributed by atoms with Crippen LogP contribution in [0.2, 0.25) is 0 Å². The lowest BCUT2D eigenvalue weighted by atomic mass is 9.94. The molecule has 2 aromatic carbocycles. The van der Waals surface area contributed by atoms with Gasteiger partial charge in [-0.3, -0.25) is 4.98 Å². The summed E-state index contributed by atoms with van der Waals surface area (Å²) in [5, 5.41) is 23.7. The fourth-order valence-electron chi connectivity index (χ4n) is 3.12. The number of aliphatic hydroxyl groups excluding tert-OH is 1. The maximum atomic E-state index is 11.4. The van der Waals surface area contributed by atoms with Gasteiger partial charge in [-0.1, -0.05) is 12.1 Å². The first-order chi connectivity index (χ1) is 12.8. The van der Waals surface area contributed by atoms with E-state index < -0.39 is 11.9 Å². The molecule has 27 heavy (non-hydrogen) atoms. The van der Waals surface area contributed by atoms with Crippen molar-refractivity contribution in [3.05, 3.63) is 58.1 Å². The van der Waals surface area contributed by atoms with Gasteiger partial charge in [0, 0.05) is 23.7 Å². The maximum Gasteiger partial charge on any atom is 0.417 e. The molecule has 0 bridgehead atoms. The molecule has 0 spiro atoms. The minimum Gasteiger partial charge on any atom is -0.508 e. The number of ether oxygens (including phenoxy) is 1. The molecule has 0 fully saturated rings. The van der Waals surface area contributed by atoms with Crippen molar-refractivity contribution >= 4 is 11.1 Å². The Morgan fingerprint density at radius 1 is 1.26 bits per heavy atom. The van der Waals surface area contributed by atoms with E-state index in [0.29, 0.717) is 11.1 Å². The summed E-state index contributed by atoms with van der Waals surface area (Å²) < 4.78 is 10.3. The molecule has 0 saturated carbocycles. The topological polar surface area (TPSA) is 108 Å². The number of fused-ring (bicyclic) bond motifs is 1. The number of aromatic hydroxyl groups is 1. The van der Waals surface area contributed by atoms with Crippen LogP contribution in [0.1, 0.15) is 31.1 Å². The second-order valence-corrected chi connectivity index (χ2v) is 7.23. The van der Waals surface area contributed by atoms with E-state index >= 15 is 0 Å². The van der Waals surface area contributed by atoms with Gasteiger partial charge in [0.25, 0.3) is 0 Å². The van der Waals surface area contributed by atoms with Crippen molar-refractivity contribution in [2.45, 2.75) is 31.9 Å². The number of methoxy groups -OCH3 is 1. The Morgan fingerprint density at radius 2 is 1.96 bits per heavy atom. The van der Waals surface area contributed by atoms with Crippen molar-refractivity contribution in [3.8, 4) is 11.5 Å². The zero-order valence-electron chi connectivity index (χ0n) is 15.6. The highest BCUT2D eigenvalue weighted by Crippen LogP contribution is 2.28. The Hall–Kier alpha value is -2.77. The lowest BCUT2D eigenvalue weighted by Gasteiger charge is -2.28. The number of nitrogens with one attached hydrogen (secondary N) is 2. The monoisotopic (exact) mass is 372 g/mol. The first-order valence-corrected chi connectivity index (χ1v) is 8.69. The Bertz CT molecular complexity index is 972. The molecule has 0 saturated heterocycles. The van der Waals surface area contributed by atoms with Crippen LogP contribution in [0.5, 0.6) is 11.5 Å². The van der Waals surface area contributed by atoms with Gasteiger partial charge in [-0.05, 0) is 44.0 Å². The van der Waals surface area contributed by atoms with Gasteiger partial charge >= 0.3 is 5.76 Å². The van der Waals surface area contributed by atoms with Gasteiger partial charge in [-0.15, -0.1) is 0 Å². The van der Waals surface area contributed by atoms with Gasteiger partial charge in [0.05, 0.1) is 18.7 Å². The highest BCUT2D eigenvalue weighted by atomic mass is 16.5. The molecular weight excluding hydrogens is 348 g/mol. The molecule has 3 aromatic rings. The molecule has 0 aliphatic carbocycles. The number of hydrogen-bond donors (Lipinski definition) is 4. The molecule has 7 nitrogen and oxygen atoms in total. The third-order valence-electron chi connectivity index (χ3n) is 4.47. The van der Waals surface area contributed by atoms with Crippen LogP contribution in [-0.2, 0) is 6.42 Å². The van der Waals surface area contributed by atoms with Crippen molar-refractivity contribution in [2.24, 2.45) is 0 Å². The molecular formula is C20H24N2O5. The molecule has 144 valence electrons. The Labute approximate surface area is 156 Å². The fourth-order valence-corrected chi connectivity index (χ4v) is 3.12. The second-order valence-electron chi connectivity index (χ2n) is 7.23. The number of β-amino-alcohol motifs (C(OH)–C–C–N with tert-alkyl or cyclic N) is 1. The lowest BCUT2D eigenvalue weighted by Crippen LogP contribution is -2.43. The summed E-state index contributed by atoms with van der Waals surface area (Å²) >= 11 is 0. The van der Waals surface area contributed by atoms with Crippen molar-refractivity contribution < 1.29 is 19.4 Å². The van der Waals surface area contributed by atoms with Crippen LogP contribution < -0.4 is 15.8 Å². The van der Waals surface area contributed by atoms with E-state index in [4.69, 9.17) is 9.15 Å². The average Bonchev–Trinajstić information content (AvgIpc) is 2.99. The minimum atomic E-state index is -0.950. The summed E-state index contributed by atoms with van der Waals surface area (Å²) in [7, 11) is 1.63. The highest BCUT2D eigenvalue weighted by Gasteiger charge is 2.22. The molecule has 7 heteroatoms. The van der Waals surface area contributed by atoms with Crippen LogP contribution in [0.3, 0.4) is 0 Å². The Morgan fingerprint density at radius 3 is 2.63 bits per heavy atom. The van der Waals surface area contributed by atoms with Gasteiger partial charge < -0.3 is 24.7 Å². The lowest BCUT2D eigenvalue weighted by molar-refractivity contribution is 0.160. The van der Waals surface area contributed by atoms with Gasteiger partial charge in [0.15, 0.2) is 5.58 Å². The zero-order valence-corrected chi connectivity index (χ0v) is 15.6. The predicted octanol–water partition coefficient (Wildman–Crippen LogP) is 2.48. The second kappa shape index (κ2) is 7.46. The molecule has 1 atom stereocenters. The number of benzene rings is 2. The molecule has 1 aromatic heterocycles. The smallest absolute Gasteiger partial charge is 0.417 e. The summed E-state index contributed by atoms with van der Waals surface area (Å²) in [6.07, 6.45) is -0.202. The summed E-state index contributed by atoms with van der Waals surface area (Å²) in [5.41, 5.74) is 1.81. The first-order valence-electron chi connectivity index (χ1n) is 8.69. The first kappa shape index (κ1) is 19.0. The number of oxazole rings is 1. The quantitative estimate of drug-likeness (QED) is 0.507. The number of phenolic OH excluding ortho intramolecular Hbond substituents is 1. The van der Waals surface area contributed by atoms with Crippen LogP contribution in [0, 0.1) is 0 Å². The van der Waals surface area contributed by atoms with Crippen molar-refractivity contribution in [1.82, 2.24) is 10.3 Å². The fraction of sp³-hybridized carbons (Fsp3) is 0.350. The molecule has 3 rings (SSSR count). The molecule has 4 N–H and O–H groups in total. The molecule has 0 radical (unpaired) electrons. The van der Waals surface area contributed by atoms with Crippen molar-refractivity contribution in [3.63, 3.8) is 0 Å². The van der Waals surface area contributed by atoms with E-state index in [1.54, 1.807) is 7.11 Å². The number of rotatable bonds is 7. The molecule has 0 aliphatic rings. The van der Waals surface area contributed by atoms with Crippen LogP contribution in [0.25, 0.3) is 11.1 Å². The molecule has 1 unspecified atom stereocenters. The van der Waals surface area contributed by atoms with Gasteiger partial charge in [-0.2, -0.15) is 0 Å². The SMILES string of the molecule is COc1ccc(CC(C)(C)NCC(O)c2cc(O)cc3[nH]c(=O)oc23)cc1. The van der Waals surface area contributed by atoms with Crippen LogP contribution in [0.4, 0.5) is 0 Å². The summed E-state index contributed by atoms with van der Waals surface area (Å²) in [4.78, 5) is 13.9. The maximum absolute atomic E-state index is 11.4. The van der Waals surface area contributed by atoms with E-state index in [-0.39, 0.29) is 23.4 Å². The summed E-state index contributed by atoms with van der Waals surface area (Å²) in [6, 6.07) is 10.6. The third-order valence-corrected chi connectivity index (χ3v) is 4.47. The minimum absolute atomic E-state index is 0.0499. The molecule has 1 heterocycles. The van der Waals surface area contributed by atoms with Crippen LogP contribution >= 0.6 is 0 Å². The van der Waals surface area contributed by atoms with E-state index in [1.807, 2.05) is 38.1 Å². The van der Waals surface area contributed by atoms with Crippen LogP contribution in [0.15, 0.2) is 45.6 Å². The number of H-pyrrole nitrogens is 1. The van der Waals surface area contributed by atoms with Crippen LogP contribution in [-0.4, -0.2) is 34.4 Å². The van der Waals surface area contributed by atoms with Crippen molar-refractivity contribution in [1.29, 1.82) is 0 Å². The van der Waals surface area contributed by atoms with Gasteiger partial charge in [-0.25, -0.2) is 4.79 Å². The largest absolute Gasteiger partial charge is 0.508 e. The van der Waals surface area contributed by atoms with Gasteiger partial charge in [0.1, 0.15) is 11.5 Å². The standard InChI is InChI=1S/C20H24N2O5/c1-20(2,10-12-4-6-14(26-3)7-5-12)21-11-17(24)15-8-13(23)9-16-18(15)27-19(25)22-16/h4-9,17,21,23-24H,10-11H2,1-3H3,(H,22,25). The number of aromatic amines is 1. The number of hydrogen-bond acceptors (Lipinski definition) is 6. The third kappa shape index (κ3) is 4.50. The highest BCUT2D eigenvalue weighted by molar-refractivity contribution is 5.78. The van der Waals surface area contributed by atoms with E-state index in [0.717, 1.165) is 17.7 Å². The average molecular weight is 372 g/mol. The number of aromatic nitrogens is 1. The van der Waals surface area contributed by atoms with E-state index in [9.17, 15) is 15.0 Å². The predicted molar refractivity (Wildman–Crippen MR) is 102 cm³/mol. The summed E-state index contributed by atoms with van der Waals surface area (Å²) in [6.45, 7) is 4.31. The Balaban J connectivity index is 1.70. The normalized spacial score (nSPS) is 13.0. The van der Waals surface area contributed by atoms with Gasteiger partial charge in [0.2, 0.25) is 0 Å². The van der Waals surface area contributed by atoms with E-state index in [1.165, 1.54) is 12.1 Å². The number of aliphatic hydroxyl groups is 1. The van der Waals surface area contributed by atoms with E-state index in [2.05, 4.69) is 10.3 Å². The number of phenols is 1. The zero-order chi connectivity index (χ0) is 19.6. The molecule has 0 amide bonds. The summed E-state index contributed by atoms with van der Waals surface area (Å²) in [5.74, 6) is 0.128.